The van der Waals surface area contributed by atoms with Gasteiger partial charge in [-0.3, -0.25) is 4.79 Å². The van der Waals surface area contributed by atoms with Gasteiger partial charge >= 0.3 is 0 Å². The van der Waals surface area contributed by atoms with Gasteiger partial charge in [0.15, 0.2) is 0 Å². The van der Waals surface area contributed by atoms with E-state index in [1.54, 1.807) is 0 Å². The van der Waals surface area contributed by atoms with E-state index < -0.39 is 0 Å². The molecule has 1 fully saturated rings. The minimum Gasteiger partial charge on any atom is -0.369 e. The van der Waals surface area contributed by atoms with Gasteiger partial charge in [0, 0.05) is 38.1 Å². The van der Waals surface area contributed by atoms with Crippen molar-refractivity contribution < 1.29 is 4.79 Å². The fourth-order valence-corrected chi connectivity index (χ4v) is 2.71. The summed E-state index contributed by atoms with van der Waals surface area (Å²) >= 11 is 0. The van der Waals surface area contributed by atoms with Crippen LogP contribution in [0.2, 0.25) is 0 Å². The maximum Gasteiger partial charge on any atom is 0.268 e. The Hall–Kier alpha value is -2.23. The molecule has 2 aromatic rings. The number of benzene rings is 1. The lowest BCUT2D eigenvalue weighted by Gasteiger charge is -2.19. The van der Waals surface area contributed by atoms with Crippen molar-refractivity contribution in [2.24, 2.45) is 7.05 Å². The molecule has 2 heterocycles. The second-order valence-corrected chi connectivity index (χ2v) is 5.24. The average Bonchev–Trinajstić information content (AvgIpc) is 3.09. The number of amides is 1. The van der Waals surface area contributed by atoms with Gasteiger partial charge in [-0.05, 0) is 30.7 Å². The molecule has 0 bridgehead atoms. The van der Waals surface area contributed by atoms with Crippen LogP contribution in [0.25, 0.3) is 0 Å². The molecular formula is C16H19N3O. The molecule has 1 aliphatic heterocycles. The molecule has 20 heavy (non-hydrogen) atoms. The first-order valence-corrected chi connectivity index (χ1v) is 6.96. The maximum absolute atomic E-state index is 12.2. The highest BCUT2D eigenvalue weighted by atomic mass is 16.2. The lowest BCUT2D eigenvalue weighted by molar-refractivity contribution is 0.0932. The number of carbonyl (C=O) groups is 1. The monoisotopic (exact) mass is 269 g/mol. The van der Waals surface area contributed by atoms with Crippen LogP contribution in [0.3, 0.4) is 0 Å². The quantitative estimate of drug-likeness (QED) is 0.925. The van der Waals surface area contributed by atoms with Crippen LogP contribution in [-0.2, 0) is 7.05 Å². The lowest BCUT2D eigenvalue weighted by Crippen LogP contribution is -2.37. The molecule has 4 nitrogen and oxygen atoms in total. The van der Waals surface area contributed by atoms with Crippen LogP contribution in [0, 0.1) is 0 Å². The van der Waals surface area contributed by atoms with E-state index in [4.69, 9.17) is 0 Å². The Balaban J connectivity index is 1.61. The Morgan fingerprint density at radius 3 is 2.70 bits per heavy atom. The molecule has 1 amide bonds. The maximum atomic E-state index is 12.2. The van der Waals surface area contributed by atoms with Gasteiger partial charge in [0.25, 0.3) is 5.91 Å². The predicted molar refractivity (Wildman–Crippen MR) is 79.9 cm³/mol. The number of carbonyl (C=O) groups excluding carboxylic acids is 1. The van der Waals surface area contributed by atoms with E-state index in [0.717, 1.165) is 19.5 Å². The van der Waals surface area contributed by atoms with Crippen molar-refractivity contribution in [3.63, 3.8) is 0 Å². The number of hydrogen-bond acceptors (Lipinski definition) is 2. The molecule has 1 N–H and O–H groups in total. The van der Waals surface area contributed by atoms with E-state index in [1.807, 2.05) is 48.1 Å². The van der Waals surface area contributed by atoms with E-state index >= 15 is 0 Å². The number of hydrogen-bond donors (Lipinski definition) is 1. The van der Waals surface area contributed by atoms with Crippen LogP contribution < -0.4 is 10.2 Å². The van der Waals surface area contributed by atoms with Crippen molar-refractivity contribution in [1.82, 2.24) is 9.88 Å². The standard InChI is InChI=1S/C16H19N3O/c1-18-10-5-8-15(18)16(20)17-13-9-11-19(12-13)14-6-3-2-4-7-14/h2-8,10,13H,9,11-12H2,1H3,(H,17,20). The van der Waals surface area contributed by atoms with Crippen molar-refractivity contribution in [3.8, 4) is 0 Å². The van der Waals surface area contributed by atoms with Crippen molar-refractivity contribution >= 4 is 11.6 Å². The second-order valence-electron chi connectivity index (χ2n) is 5.24. The number of para-hydroxylation sites is 1. The first-order chi connectivity index (χ1) is 9.74. The first kappa shape index (κ1) is 12.8. The number of anilines is 1. The fraction of sp³-hybridized carbons (Fsp3) is 0.312. The largest absolute Gasteiger partial charge is 0.369 e. The summed E-state index contributed by atoms with van der Waals surface area (Å²) in [6, 6.07) is 14.3. The zero-order chi connectivity index (χ0) is 13.9. The van der Waals surface area contributed by atoms with Gasteiger partial charge < -0.3 is 14.8 Å². The van der Waals surface area contributed by atoms with E-state index in [2.05, 4.69) is 22.3 Å². The predicted octanol–water partition coefficient (Wildman–Crippen LogP) is 2.03. The number of nitrogens with zero attached hydrogens (tertiary/aromatic N) is 2. The molecule has 1 aromatic carbocycles. The normalized spacial score (nSPS) is 18.2. The Bertz CT molecular complexity index is 591. The lowest BCUT2D eigenvalue weighted by atomic mass is 10.2. The molecule has 1 saturated heterocycles. The molecule has 0 aliphatic carbocycles. The van der Waals surface area contributed by atoms with Gasteiger partial charge in [-0.1, -0.05) is 18.2 Å². The van der Waals surface area contributed by atoms with E-state index in [1.165, 1.54) is 5.69 Å². The summed E-state index contributed by atoms with van der Waals surface area (Å²) in [6.45, 7) is 1.86. The molecule has 1 atom stereocenters. The third kappa shape index (κ3) is 2.54. The summed E-state index contributed by atoms with van der Waals surface area (Å²) in [5, 5.41) is 3.12. The van der Waals surface area contributed by atoms with Crippen LogP contribution in [0.4, 0.5) is 5.69 Å². The number of aryl methyl sites for hydroxylation is 1. The Labute approximate surface area is 119 Å². The molecule has 0 spiro atoms. The molecule has 0 radical (unpaired) electrons. The van der Waals surface area contributed by atoms with Gasteiger partial charge in [-0.2, -0.15) is 0 Å². The third-order valence-corrected chi connectivity index (χ3v) is 3.82. The smallest absolute Gasteiger partial charge is 0.268 e. The molecule has 3 rings (SSSR count). The molecule has 1 aromatic heterocycles. The Morgan fingerprint density at radius 1 is 1.20 bits per heavy atom. The summed E-state index contributed by atoms with van der Waals surface area (Å²) < 4.78 is 1.85. The first-order valence-electron chi connectivity index (χ1n) is 6.96. The fourth-order valence-electron chi connectivity index (χ4n) is 2.71. The summed E-state index contributed by atoms with van der Waals surface area (Å²) in [7, 11) is 1.89. The highest BCUT2D eigenvalue weighted by molar-refractivity contribution is 5.93. The van der Waals surface area contributed by atoms with Gasteiger partial charge in [0.2, 0.25) is 0 Å². The summed E-state index contributed by atoms with van der Waals surface area (Å²) in [5.74, 6) is 0.0115. The molecule has 0 saturated carbocycles. The van der Waals surface area contributed by atoms with Crippen LogP contribution in [0.15, 0.2) is 48.7 Å². The molecule has 104 valence electrons. The highest BCUT2D eigenvalue weighted by Gasteiger charge is 2.24. The molecule has 1 unspecified atom stereocenters. The van der Waals surface area contributed by atoms with Crippen LogP contribution in [-0.4, -0.2) is 29.6 Å². The van der Waals surface area contributed by atoms with Crippen LogP contribution >= 0.6 is 0 Å². The van der Waals surface area contributed by atoms with E-state index in [-0.39, 0.29) is 11.9 Å². The van der Waals surface area contributed by atoms with Gasteiger partial charge in [-0.25, -0.2) is 0 Å². The van der Waals surface area contributed by atoms with Crippen molar-refractivity contribution in [3.05, 3.63) is 54.4 Å². The highest BCUT2D eigenvalue weighted by Crippen LogP contribution is 2.19. The van der Waals surface area contributed by atoms with Gasteiger partial charge in [0.05, 0.1) is 0 Å². The molecule has 4 heteroatoms. The molecule has 1 aliphatic rings. The summed E-state index contributed by atoms with van der Waals surface area (Å²) in [6.07, 6.45) is 2.88. The third-order valence-electron chi connectivity index (χ3n) is 3.82. The van der Waals surface area contributed by atoms with Crippen LogP contribution in [0.5, 0.6) is 0 Å². The average molecular weight is 269 g/mol. The SMILES string of the molecule is Cn1cccc1C(=O)NC1CCN(c2ccccc2)C1. The van der Waals surface area contributed by atoms with Crippen LogP contribution in [0.1, 0.15) is 16.9 Å². The van der Waals surface area contributed by atoms with Crippen molar-refractivity contribution in [2.45, 2.75) is 12.5 Å². The van der Waals surface area contributed by atoms with Crippen molar-refractivity contribution in [1.29, 1.82) is 0 Å². The molecular weight excluding hydrogens is 250 g/mol. The Kier molecular flexibility index (Phi) is 3.46. The Morgan fingerprint density at radius 2 is 2.00 bits per heavy atom. The van der Waals surface area contributed by atoms with Crippen molar-refractivity contribution in [2.75, 3.05) is 18.0 Å². The minimum atomic E-state index is 0.0115. The number of nitrogens with one attached hydrogen (secondary N) is 1. The minimum absolute atomic E-state index is 0.0115. The number of aromatic nitrogens is 1. The second kappa shape index (κ2) is 5.41. The number of rotatable bonds is 3. The van der Waals surface area contributed by atoms with E-state index in [0.29, 0.717) is 5.69 Å². The summed E-state index contributed by atoms with van der Waals surface area (Å²) in [5.41, 5.74) is 1.94. The summed E-state index contributed by atoms with van der Waals surface area (Å²) in [4.78, 5) is 14.5. The van der Waals surface area contributed by atoms with Gasteiger partial charge in [0.1, 0.15) is 5.69 Å². The topological polar surface area (TPSA) is 37.3 Å². The zero-order valence-corrected chi connectivity index (χ0v) is 11.6. The zero-order valence-electron chi connectivity index (χ0n) is 11.6. The van der Waals surface area contributed by atoms with E-state index in [9.17, 15) is 4.79 Å². The van der Waals surface area contributed by atoms with Gasteiger partial charge in [-0.15, -0.1) is 0 Å².